The molecule has 1 saturated heterocycles. The maximum atomic E-state index is 12.2. The van der Waals surface area contributed by atoms with Gasteiger partial charge in [0, 0.05) is 19.5 Å². The van der Waals surface area contributed by atoms with E-state index in [1.165, 1.54) is 12.1 Å². The molecule has 6 nitrogen and oxygen atoms in total. The molecule has 2 amide bonds. The minimum atomic E-state index is -0.964. The van der Waals surface area contributed by atoms with E-state index in [1.807, 2.05) is 0 Å². The van der Waals surface area contributed by atoms with Crippen molar-refractivity contribution >= 4 is 17.8 Å². The molecule has 1 fully saturated rings. The molecule has 118 valence electrons. The zero-order valence-electron chi connectivity index (χ0n) is 12.3. The van der Waals surface area contributed by atoms with E-state index in [9.17, 15) is 14.4 Å². The van der Waals surface area contributed by atoms with Crippen LogP contribution in [0.4, 0.5) is 0 Å². The van der Waals surface area contributed by atoms with E-state index in [0.717, 1.165) is 18.4 Å². The molecular weight excluding hydrogens is 284 g/mol. The lowest BCUT2D eigenvalue weighted by atomic mass is 9.97. The van der Waals surface area contributed by atoms with Crippen molar-refractivity contribution in [1.29, 1.82) is 0 Å². The Kier molecular flexibility index (Phi) is 5.14. The second-order valence-electron chi connectivity index (χ2n) is 5.58. The Labute approximate surface area is 128 Å². The summed E-state index contributed by atoms with van der Waals surface area (Å²) in [7, 11) is 0. The average Bonchev–Trinajstić information content (AvgIpc) is 2.53. The number of carboxylic acid groups (broad SMARTS) is 1. The number of nitrogens with two attached hydrogens (primary N) is 1. The number of carboxylic acids is 1. The molecular formula is C16H20N2O4. The van der Waals surface area contributed by atoms with Gasteiger partial charge in [0.1, 0.15) is 0 Å². The van der Waals surface area contributed by atoms with Crippen molar-refractivity contribution in [2.45, 2.75) is 25.7 Å². The summed E-state index contributed by atoms with van der Waals surface area (Å²) in [6, 6.07) is 6.51. The molecule has 1 aromatic carbocycles. The second-order valence-corrected chi connectivity index (χ2v) is 5.58. The van der Waals surface area contributed by atoms with E-state index in [1.54, 1.807) is 17.0 Å². The highest BCUT2D eigenvalue weighted by Crippen LogP contribution is 2.17. The number of amides is 2. The van der Waals surface area contributed by atoms with Gasteiger partial charge in [-0.3, -0.25) is 9.59 Å². The summed E-state index contributed by atoms with van der Waals surface area (Å²) in [6.45, 7) is 1.08. The molecule has 1 atom stereocenters. The SMILES string of the molecule is NC(=O)[C@H]1CCCN(C(=O)CCc2ccc(C(=O)O)cc2)C1. The van der Waals surface area contributed by atoms with Gasteiger partial charge in [-0.15, -0.1) is 0 Å². The Bertz CT molecular complexity index is 568. The number of aromatic carboxylic acids is 1. The highest BCUT2D eigenvalue weighted by molar-refractivity contribution is 5.87. The quantitative estimate of drug-likeness (QED) is 0.848. The van der Waals surface area contributed by atoms with Crippen LogP contribution in [0.1, 0.15) is 35.2 Å². The van der Waals surface area contributed by atoms with E-state index in [4.69, 9.17) is 10.8 Å². The first-order valence-electron chi connectivity index (χ1n) is 7.36. The standard InChI is InChI=1S/C16H20N2O4/c17-15(20)13-2-1-9-18(10-13)14(19)8-5-11-3-6-12(7-4-11)16(21)22/h3-4,6-7,13H,1-2,5,8-10H2,(H2,17,20)(H,21,22)/t13-/m0/s1. The van der Waals surface area contributed by atoms with Gasteiger partial charge in [-0.1, -0.05) is 12.1 Å². The van der Waals surface area contributed by atoms with Crippen LogP contribution >= 0.6 is 0 Å². The van der Waals surface area contributed by atoms with Crippen LogP contribution in [0, 0.1) is 5.92 Å². The average molecular weight is 304 g/mol. The van der Waals surface area contributed by atoms with Gasteiger partial charge in [-0.05, 0) is 37.0 Å². The van der Waals surface area contributed by atoms with Crippen molar-refractivity contribution in [3.63, 3.8) is 0 Å². The van der Waals surface area contributed by atoms with Crippen LogP contribution in [0.2, 0.25) is 0 Å². The molecule has 0 spiro atoms. The van der Waals surface area contributed by atoms with Gasteiger partial charge >= 0.3 is 5.97 Å². The number of nitrogens with zero attached hydrogens (tertiary/aromatic N) is 1. The number of hydrogen-bond acceptors (Lipinski definition) is 3. The zero-order chi connectivity index (χ0) is 16.1. The lowest BCUT2D eigenvalue weighted by Gasteiger charge is -2.31. The zero-order valence-corrected chi connectivity index (χ0v) is 12.3. The summed E-state index contributed by atoms with van der Waals surface area (Å²) in [5.74, 6) is -1.55. The molecule has 0 bridgehead atoms. The van der Waals surface area contributed by atoms with Crippen molar-refractivity contribution < 1.29 is 19.5 Å². The third-order valence-electron chi connectivity index (χ3n) is 4.00. The molecule has 6 heteroatoms. The van der Waals surface area contributed by atoms with E-state index in [2.05, 4.69) is 0 Å². The third-order valence-corrected chi connectivity index (χ3v) is 4.00. The van der Waals surface area contributed by atoms with Crippen LogP contribution in [0.25, 0.3) is 0 Å². The fourth-order valence-electron chi connectivity index (χ4n) is 2.66. The number of hydrogen-bond donors (Lipinski definition) is 2. The van der Waals surface area contributed by atoms with Crippen LogP contribution in [-0.2, 0) is 16.0 Å². The fourth-order valence-corrected chi connectivity index (χ4v) is 2.66. The van der Waals surface area contributed by atoms with Crippen LogP contribution in [-0.4, -0.2) is 40.9 Å². The number of piperidine rings is 1. The third kappa shape index (κ3) is 4.07. The van der Waals surface area contributed by atoms with Crippen LogP contribution in [0.3, 0.4) is 0 Å². The highest BCUT2D eigenvalue weighted by Gasteiger charge is 2.26. The summed E-state index contributed by atoms with van der Waals surface area (Å²) >= 11 is 0. The predicted octanol–water partition coefficient (Wildman–Crippen LogP) is 1.04. The van der Waals surface area contributed by atoms with Crippen molar-refractivity contribution in [2.24, 2.45) is 11.7 Å². The Morgan fingerprint density at radius 2 is 1.91 bits per heavy atom. The number of carbonyl (C=O) groups excluding carboxylic acids is 2. The Balaban J connectivity index is 1.86. The minimum Gasteiger partial charge on any atom is -0.478 e. The van der Waals surface area contributed by atoms with Crippen molar-refractivity contribution in [3.8, 4) is 0 Å². The van der Waals surface area contributed by atoms with Gasteiger partial charge in [0.25, 0.3) is 0 Å². The summed E-state index contributed by atoms with van der Waals surface area (Å²) in [4.78, 5) is 35.9. The molecule has 0 unspecified atom stereocenters. The lowest BCUT2D eigenvalue weighted by molar-refractivity contribution is -0.134. The lowest BCUT2D eigenvalue weighted by Crippen LogP contribution is -2.44. The molecule has 22 heavy (non-hydrogen) atoms. The van der Waals surface area contributed by atoms with E-state index in [0.29, 0.717) is 25.9 Å². The van der Waals surface area contributed by atoms with Gasteiger partial charge < -0.3 is 15.7 Å². The van der Waals surface area contributed by atoms with Crippen LogP contribution < -0.4 is 5.73 Å². The molecule has 0 saturated carbocycles. The summed E-state index contributed by atoms with van der Waals surface area (Å²) < 4.78 is 0. The summed E-state index contributed by atoms with van der Waals surface area (Å²) in [6.07, 6.45) is 2.44. The number of likely N-dealkylation sites (tertiary alicyclic amines) is 1. The molecule has 1 aliphatic heterocycles. The normalized spacial score (nSPS) is 18.0. The maximum absolute atomic E-state index is 12.2. The Hall–Kier alpha value is -2.37. The molecule has 1 aromatic rings. The monoisotopic (exact) mass is 304 g/mol. The van der Waals surface area contributed by atoms with Crippen molar-refractivity contribution in [1.82, 2.24) is 4.90 Å². The number of primary amides is 1. The number of carbonyl (C=O) groups is 3. The van der Waals surface area contributed by atoms with Crippen LogP contribution in [0.15, 0.2) is 24.3 Å². The largest absolute Gasteiger partial charge is 0.478 e. The Morgan fingerprint density at radius 1 is 1.23 bits per heavy atom. The number of rotatable bonds is 5. The smallest absolute Gasteiger partial charge is 0.335 e. The van der Waals surface area contributed by atoms with Gasteiger partial charge in [-0.25, -0.2) is 4.79 Å². The van der Waals surface area contributed by atoms with Crippen molar-refractivity contribution in [2.75, 3.05) is 13.1 Å². The first-order chi connectivity index (χ1) is 10.5. The fraction of sp³-hybridized carbons (Fsp3) is 0.438. The van der Waals surface area contributed by atoms with E-state index in [-0.39, 0.29) is 23.3 Å². The van der Waals surface area contributed by atoms with E-state index < -0.39 is 5.97 Å². The summed E-state index contributed by atoms with van der Waals surface area (Å²) in [5.41, 5.74) is 6.46. The van der Waals surface area contributed by atoms with Gasteiger partial charge in [0.15, 0.2) is 0 Å². The molecule has 3 N–H and O–H groups in total. The summed E-state index contributed by atoms with van der Waals surface area (Å²) in [5, 5.41) is 8.84. The highest BCUT2D eigenvalue weighted by atomic mass is 16.4. The minimum absolute atomic E-state index is 0.00765. The molecule has 0 radical (unpaired) electrons. The van der Waals surface area contributed by atoms with Gasteiger partial charge in [0.2, 0.25) is 11.8 Å². The first kappa shape index (κ1) is 16.0. The molecule has 0 aromatic heterocycles. The van der Waals surface area contributed by atoms with Gasteiger partial charge in [-0.2, -0.15) is 0 Å². The number of benzene rings is 1. The predicted molar refractivity (Wildman–Crippen MR) is 80.2 cm³/mol. The van der Waals surface area contributed by atoms with Crippen molar-refractivity contribution in [3.05, 3.63) is 35.4 Å². The molecule has 0 aliphatic carbocycles. The van der Waals surface area contributed by atoms with Gasteiger partial charge in [0.05, 0.1) is 11.5 Å². The topological polar surface area (TPSA) is 101 Å². The Morgan fingerprint density at radius 3 is 2.50 bits per heavy atom. The molecule has 1 heterocycles. The molecule has 1 aliphatic rings. The van der Waals surface area contributed by atoms with E-state index >= 15 is 0 Å². The maximum Gasteiger partial charge on any atom is 0.335 e. The van der Waals surface area contributed by atoms with Crippen LogP contribution in [0.5, 0.6) is 0 Å². The second kappa shape index (κ2) is 7.06. The first-order valence-corrected chi connectivity index (χ1v) is 7.36. The molecule has 2 rings (SSSR count). The number of aryl methyl sites for hydroxylation is 1.